The monoisotopic (exact) mass is 325 g/mol. The van der Waals surface area contributed by atoms with E-state index in [2.05, 4.69) is 19.2 Å². The first kappa shape index (κ1) is 17.7. The van der Waals surface area contributed by atoms with Gasteiger partial charge in [-0.25, -0.2) is 4.79 Å². The molecule has 0 unspecified atom stereocenters. The highest BCUT2D eigenvalue weighted by atomic mass is 16.5. The number of rotatable bonds is 6. The van der Waals surface area contributed by atoms with Crippen molar-refractivity contribution in [1.82, 2.24) is 0 Å². The van der Waals surface area contributed by atoms with Crippen molar-refractivity contribution in [2.24, 2.45) is 0 Å². The summed E-state index contributed by atoms with van der Waals surface area (Å²) in [6, 6.07) is 14.8. The molecule has 2 rings (SSSR count). The van der Waals surface area contributed by atoms with Crippen molar-refractivity contribution in [2.75, 3.05) is 11.9 Å². The highest BCUT2D eigenvalue weighted by Crippen LogP contribution is 2.23. The third kappa shape index (κ3) is 4.69. The van der Waals surface area contributed by atoms with E-state index in [9.17, 15) is 9.59 Å². The minimum absolute atomic E-state index is 0.293. The highest BCUT2D eigenvalue weighted by Gasteiger charge is 2.12. The number of carbonyl (C=O) groups is 2. The van der Waals surface area contributed by atoms with Gasteiger partial charge in [-0.05, 0) is 41.7 Å². The third-order valence-corrected chi connectivity index (χ3v) is 3.79. The Morgan fingerprint density at radius 3 is 2.33 bits per heavy atom. The molecule has 0 aliphatic rings. The van der Waals surface area contributed by atoms with Crippen molar-refractivity contribution in [1.29, 1.82) is 0 Å². The number of nitrogens with one attached hydrogen (secondary N) is 1. The molecule has 1 N–H and O–H groups in total. The lowest BCUT2D eigenvalue weighted by atomic mass is 10.0. The van der Waals surface area contributed by atoms with Gasteiger partial charge < -0.3 is 10.1 Å². The maximum absolute atomic E-state index is 12.0. The predicted molar refractivity (Wildman–Crippen MR) is 95.3 cm³/mol. The quantitative estimate of drug-likeness (QED) is 0.811. The number of aryl methyl sites for hydroxylation is 1. The zero-order chi connectivity index (χ0) is 17.5. The molecule has 2 aromatic carbocycles. The Kier molecular flexibility index (Phi) is 6.13. The van der Waals surface area contributed by atoms with E-state index in [1.807, 2.05) is 43.3 Å². The number of para-hydroxylation sites is 1. The fourth-order valence-corrected chi connectivity index (χ4v) is 2.39. The van der Waals surface area contributed by atoms with Gasteiger partial charge in [0.1, 0.15) is 0 Å². The van der Waals surface area contributed by atoms with Crippen LogP contribution < -0.4 is 5.32 Å². The Balaban J connectivity index is 1.92. The summed E-state index contributed by atoms with van der Waals surface area (Å²) in [5.41, 5.74) is 3.39. The molecule has 0 saturated heterocycles. The molecule has 0 heterocycles. The molecule has 0 aromatic heterocycles. The molecule has 0 spiro atoms. The normalized spacial score (nSPS) is 10.5. The van der Waals surface area contributed by atoms with Crippen molar-refractivity contribution >= 4 is 17.6 Å². The Morgan fingerprint density at radius 2 is 1.71 bits per heavy atom. The summed E-state index contributed by atoms with van der Waals surface area (Å²) >= 11 is 0. The van der Waals surface area contributed by atoms with E-state index >= 15 is 0 Å². The molecule has 4 heteroatoms. The summed E-state index contributed by atoms with van der Waals surface area (Å²) in [5.74, 6) is -0.548. The van der Waals surface area contributed by atoms with E-state index in [-0.39, 0.29) is 12.5 Å². The van der Waals surface area contributed by atoms with Gasteiger partial charge in [-0.3, -0.25) is 4.79 Å². The van der Waals surface area contributed by atoms with Gasteiger partial charge in [-0.2, -0.15) is 0 Å². The smallest absolute Gasteiger partial charge is 0.338 e. The van der Waals surface area contributed by atoms with Crippen LogP contribution in [0, 0.1) is 0 Å². The lowest BCUT2D eigenvalue weighted by molar-refractivity contribution is -0.119. The van der Waals surface area contributed by atoms with Crippen molar-refractivity contribution in [2.45, 2.75) is 33.1 Å². The van der Waals surface area contributed by atoms with Crippen molar-refractivity contribution in [3.05, 3.63) is 65.2 Å². The van der Waals surface area contributed by atoms with Crippen molar-refractivity contribution < 1.29 is 14.3 Å². The zero-order valence-electron chi connectivity index (χ0n) is 14.3. The van der Waals surface area contributed by atoms with E-state index in [1.165, 1.54) is 0 Å². The van der Waals surface area contributed by atoms with Crippen LogP contribution in [0.3, 0.4) is 0 Å². The number of benzene rings is 2. The van der Waals surface area contributed by atoms with Crippen LogP contribution in [0.15, 0.2) is 48.5 Å². The summed E-state index contributed by atoms with van der Waals surface area (Å²) in [6.07, 6.45) is 0.910. The molecule has 0 aliphatic heterocycles. The van der Waals surface area contributed by atoms with Crippen LogP contribution in [-0.4, -0.2) is 18.5 Å². The van der Waals surface area contributed by atoms with Crippen LogP contribution in [0.4, 0.5) is 5.69 Å². The second-order valence-electron chi connectivity index (χ2n) is 5.92. The number of anilines is 1. The van der Waals surface area contributed by atoms with Gasteiger partial charge in [-0.15, -0.1) is 0 Å². The average Bonchev–Trinajstić information content (AvgIpc) is 2.60. The van der Waals surface area contributed by atoms with Crippen LogP contribution in [0.25, 0.3) is 0 Å². The highest BCUT2D eigenvalue weighted by molar-refractivity contribution is 5.96. The molecule has 0 bridgehead atoms. The number of ether oxygens (including phenoxy) is 1. The molecule has 24 heavy (non-hydrogen) atoms. The van der Waals surface area contributed by atoms with E-state index < -0.39 is 5.97 Å². The molecule has 126 valence electrons. The van der Waals surface area contributed by atoms with Crippen molar-refractivity contribution in [3.8, 4) is 0 Å². The second kappa shape index (κ2) is 8.29. The zero-order valence-corrected chi connectivity index (χ0v) is 14.3. The standard InChI is InChI=1S/C20H23NO3/c1-4-15-9-11-16(12-10-15)20(23)24-13-19(22)21-18-8-6-5-7-17(18)14(2)3/h5-12,14H,4,13H2,1-3H3,(H,21,22). The number of hydrogen-bond acceptors (Lipinski definition) is 3. The summed E-state index contributed by atoms with van der Waals surface area (Å²) < 4.78 is 5.08. The van der Waals surface area contributed by atoms with Gasteiger partial charge in [0.15, 0.2) is 6.61 Å². The number of carbonyl (C=O) groups excluding carboxylic acids is 2. The first-order valence-electron chi connectivity index (χ1n) is 8.16. The van der Waals surface area contributed by atoms with Gasteiger partial charge in [-0.1, -0.05) is 51.1 Å². The van der Waals surface area contributed by atoms with E-state index in [4.69, 9.17) is 4.74 Å². The number of amides is 1. The van der Waals surface area contributed by atoms with Crippen molar-refractivity contribution in [3.63, 3.8) is 0 Å². The van der Waals surface area contributed by atoms with Gasteiger partial charge in [0.25, 0.3) is 5.91 Å². The first-order chi connectivity index (χ1) is 11.5. The molecule has 2 aromatic rings. The third-order valence-electron chi connectivity index (χ3n) is 3.79. The van der Waals surface area contributed by atoms with E-state index in [0.29, 0.717) is 11.5 Å². The lowest BCUT2D eigenvalue weighted by Crippen LogP contribution is -2.21. The fourth-order valence-electron chi connectivity index (χ4n) is 2.39. The maximum Gasteiger partial charge on any atom is 0.338 e. The Hall–Kier alpha value is -2.62. The van der Waals surface area contributed by atoms with Crippen LogP contribution in [0.1, 0.15) is 48.2 Å². The molecule has 0 atom stereocenters. The summed E-state index contributed by atoms with van der Waals surface area (Å²) in [6.45, 7) is 5.86. The van der Waals surface area contributed by atoms with E-state index in [0.717, 1.165) is 23.2 Å². The first-order valence-corrected chi connectivity index (χ1v) is 8.16. The second-order valence-corrected chi connectivity index (χ2v) is 5.92. The molecule has 0 radical (unpaired) electrons. The summed E-state index contributed by atoms with van der Waals surface area (Å²) in [4.78, 5) is 24.0. The van der Waals surface area contributed by atoms with Gasteiger partial charge in [0.2, 0.25) is 0 Å². The molecule has 1 amide bonds. The number of hydrogen-bond donors (Lipinski definition) is 1. The molecule has 0 aliphatic carbocycles. The molecular formula is C20H23NO3. The Bertz CT molecular complexity index is 705. The van der Waals surface area contributed by atoms with Gasteiger partial charge in [0.05, 0.1) is 5.56 Å². The molecule has 0 fully saturated rings. The van der Waals surface area contributed by atoms with Crippen LogP contribution in [-0.2, 0) is 16.0 Å². The topological polar surface area (TPSA) is 55.4 Å². The Labute approximate surface area is 142 Å². The molecular weight excluding hydrogens is 302 g/mol. The predicted octanol–water partition coefficient (Wildman–Crippen LogP) is 4.17. The fraction of sp³-hybridized carbons (Fsp3) is 0.300. The average molecular weight is 325 g/mol. The maximum atomic E-state index is 12.0. The number of esters is 1. The lowest BCUT2D eigenvalue weighted by Gasteiger charge is -2.13. The van der Waals surface area contributed by atoms with Gasteiger partial charge >= 0.3 is 5.97 Å². The molecule has 4 nitrogen and oxygen atoms in total. The molecule has 0 saturated carbocycles. The van der Waals surface area contributed by atoms with Crippen LogP contribution in [0.5, 0.6) is 0 Å². The van der Waals surface area contributed by atoms with Crippen LogP contribution >= 0.6 is 0 Å². The summed E-state index contributed by atoms with van der Waals surface area (Å²) in [7, 11) is 0. The van der Waals surface area contributed by atoms with Gasteiger partial charge in [0, 0.05) is 5.69 Å². The minimum atomic E-state index is -0.495. The largest absolute Gasteiger partial charge is 0.452 e. The minimum Gasteiger partial charge on any atom is -0.452 e. The van der Waals surface area contributed by atoms with Crippen LogP contribution in [0.2, 0.25) is 0 Å². The summed E-state index contributed by atoms with van der Waals surface area (Å²) in [5, 5.41) is 2.80. The van der Waals surface area contributed by atoms with E-state index in [1.54, 1.807) is 12.1 Å². The SMILES string of the molecule is CCc1ccc(C(=O)OCC(=O)Nc2ccccc2C(C)C)cc1. The Morgan fingerprint density at radius 1 is 1.04 bits per heavy atom.